The van der Waals surface area contributed by atoms with Gasteiger partial charge in [0.05, 0.1) is 40.7 Å². The lowest BCUT2D eigenvalue weighted by Gasteiger charge is -2.27. The van der Waals surface area contributed by atoms with E-state index in [4.69, 9.17) is 27.9 Å². The summed E-state index contributed by atoms with van der Waals surface area (Å²) in [5.74, 6) is 0.638. The topological polar surface area (TPSA) is 105 Å². The molecule has 3 aromatic rings. The first-order chi connectivity index (χ1) is 16.0. The maximum atomic E-state index is 11.2. The number of nitrogens with one attached hydrogen (secondary N) is 1. The number of halogens is 2. The maximum absolute atomic E-state index is 11.2. The van der Waals surface area contributed by atoms with Gasteiger partial charge in [0.15, 0.2) is 5.75 Å². The van der Waals surface area contributed by atoms with Crippen LogP contribution >= 0.6 is 23.2 Å². The predicted molar refractivity (Wildman–Crippen MR) is 134 cm³/mol. The molecule has 0 spiro atoms. The average Bonchev–Trinajstić information content (AvgIpc) is 2.81. The summed E-state index contributed by atoms with van der Waals surface area (Å²) in [5.41, 5.74) is 3.88. The van der Waals surface area contributed by atoms with E-state index in [1.54, 1.807) is 18.2 Å². The molecule has 0 aliphatic carbocycles. The van der Waals surface area contributed by atoms with Crippen LogP contribution in [0.15, 0.2) is 48.5 Å². The van der Waals surface area contributed by atoms with Crippen LogP contribution in [0.4, 0.5) is 0 Å². The van der Waals surface area contributed by atoms with Crippen molar-refractivity contribution in [2.45, 2.75) is 25.8 Å². The number of hydrogen-bond donors (Lipinski definition) is 1. The zero-order valence-electron chi connectivity index (χ0n) is 19.0. The summed E-state index contributed by atoms with van der Waals surface area (Å²) in [6, 6.07) is 17.2. The highest BCUT2D eigenvalue weighted by molar-refractivity contribution is 7.88. The molecule has 0 bridgehead atoms. The third-order valence-electron chi connectivity index (χ3n) is 5.35. The minimum atomic E-state index is -3.30. The Morgan fingerprint density at radius 1 is 1.09 bits per heavy atom. The highest BCUT2D eigenvalue weighted by Crippen LogP contribution is 2.38. The summed E-state index contributed by atoms with van der Waals surface area (Å²) < 4.78 is 30.4. The molecule has 0 atom stereocenters. The lowest BCUT2D eigenvalue weighted by molar-refractivity contribution is 0.341. The van der Waals surface area contributed by atoms with Crippen LogP contribution in [0.25, 0.3) is 11.3 Å². The second-order valence-electron chi connectivity index (χ2n) is 8.19. The first-order valence-electron chi connectivity index (χ1n) is 10.4. The summed E-state index contributed by atoms with van der Waals surface area (Å²) >= 11 is 12.1. The van der Waals surface area contributed by atoms with Gasteiger partial charge in [-0.2, -0.15) is 15.5 Å². The lowest BCUT2D eigenvalue weighted by Crippen LogP contribution is -2.22. The molecule has 0 saturated heterocycles. The van der Waals surface area contributed by atoms with Crippen molar-refractivity contribution in [3.8, 4) is 23.1 Å². The van der Waals surface area contributed by atoms with Gasteiger partial charge in [-0.25, -0.2) is 13.1 Å². The molecule has 2 aromatic carbocycles. The van der Waals surface area contributed by atoms with Crippen molar-refractivity contribution in [3.63, 3.8) is 0 Å². The second kappa shape index (κ2) is 10.7. The van der Waals surface area contributed by atoms with Crippen molar-refractivity contribution in [2.75, 3.05) is 18.7 Å². The molecule has 10 heteroatoms. The standard InChI is InChI=1S/C24H24Cl2N4O3S/c1-24(2,19-12-17(14-27)23(21(26)13-19)33-11-10-25)18-6-4-16(5-7-18)22-9-8-20(29-30-22)15-28-34(3,31)32/h4-9,12-13,28H,10-11,15H2,1-3H3. The number of nitrogens with zero attached hydrogens (tertiary/aromatic N) is 3. The van der Waals surface area contributed by atoms with Crippen molar-refractivity contribution in [3.05, 3.63) is 75.9 Å². The molecule has 1 aromatic heterocycles. The molecule has 0 unspecified atom stereocenters. The van der Waals surface area contributed by atoms with E-state index in [2.05, 4.69) is 34.8 Å². The minimum absolute atomic E-state index is 0.0855. The molecule has 0 fully saturated rings. The first kappa shape index (κ1) is 25.9. The van der Waals surface area contributed by atoms with Gasteiger partial charge in [-0.15, -0.1) is 11.6 Å². The number of aromatic nitrogens is 2. The molecule has 0 radical (unpaired) electrons. The van der Waals surface area contributed by atoms with Gasteiger partial charge in [0.25, 0.3) is 0 Å². The molecule has 1 N–H and O–H groups in total. The van der Waals surface area contributed by atoms with Crippen molar-refractivity contribution in [1.82, 2.24) is 14.9 Å². The van der Waals surface area contributed by atoms with Crippen LogP contribution in [0.5, 0.6) is 5.75 Å². The van der Waals surface area contributed by atoms with Crippen LogP contribution in [0.3, 0.4) is 0 Å². The fourth-order valence-corrected chi connectivity index (χ4v) is 4.12. The number of alkyl halides is 1. The molecule has 3 rings (SSSR count). The van der Waals surface area contributed by atoms with E-state index in [0.29, 0.717) is 33.6 Å². The molecule has 34 heavy (non-hydrogen) atoms. The predicted octanol–water partition coefficient (Wildman–Crippen LogP) is 4.66. The number of sulfonamides is 1. The summed E-state index contributed by atoms with van der Waals surface area (Å²) in [7, 11) is -3.30. The van der Waals surface area contributed by atoms with Gasteiger partial charge in [0, 0.05) is 11.0 Å². The van der Waals surface area contributed by atoms with Gasteiger partial charge in [0.1, 0.15) is 12.7 Å². The van der Waals surface area contributed by atoms with Crippen molar-refractivity contribution >= 4 is 33.2 Å². The number of nitriles is 1. The van der Waals surface area contributed by atoms with Gasteiger partial charge < -0.3 is 4.74 Å². The van der Waals surface area contributed by atoms with Gasteiger partial charge in [-0.1, -0.05) is 49.7 Å². The monoisotopic (exact) mass is 518 g/mol. The number of benzene rings is 2. The molecule has 0 aliphatic heterocycles. The van der Waals surface area contributed by atoms with E-state index in [-0.39, 0.29) is 13.2 Å². The van der Waals surface area contributed by atoms with Gasteiger partial charge >= 0.3 is 0 Å². The Kier molecular flexibility index (Phi) is 8.16. The molecular weight excluding hydrogens is 495 g/mol. The second-order valence-corrected chi connectivity index (χ2v) is 10.8. The molecular formula is C24H24Cl2N4O3S. The SMILES string of the molecule is CC(C)(c1ccc(-c2ccc(CNS(C)(=O)=O)nn2)cc1)c1cc(Cl)c(OCCCl)c(C#N)c1. The van der Waals surface area contributed by atoms with Gasteiger partial charge in [0.2, 0.25) is 10.0 Å². The van der Waals surface area contributed by atoms with E-state index in [9.17, 15) is 13.7 Å². The quantitative estimate of drug-likeness (QED) is 0.413. The Morgan fingerprint density at radius 3 is 2.35 bits per heavy atom. The number of rotatable bonds is 9. The van der Waals surface area contributed by atoms with Crippen LogP contribution < -0.4 is 9.46 Å². The van der Waals surface area contributed by atoms with E-state index in [1.807, 2.05) is 30.3 Å². The lowest BCUT2D eigenvalue weighted by atomic mass is 9.77. The van der Waals surface area contributed by atoms with Gasteiger partial charge in [-0.3, -0.25) is 0 Å². The summed E-state index contributed by atoms with van der Waals surface area (Å²) in [6.45, 7) is 4.45. The Hall–Kier alpha value is -2.70. The van der Waals surface area contributed by atoms with Crippen molar-refractivity contribution < 1.29 is 13.2 Å². The van der Waals surface area contributed by atoms with Crippen LogP contribution in [0.1, 0.15) is 36.2 Å². The Morgan fingerprint density at radius 2 is 1.79 bits per heavy atom. The van der Waals surface area contributed by atoms with Crippen LogP contribution in [-0.4, -0.2) is 37.4 Å². The maximum Gasteiger partial charge on any atom is 0.209 e. The summed E-state index contributed by atoms with van der Waals surface area (Å²) in [6.07, 6.45) is 1.09. The largest absolute Gasteiger partial charge is 0.489 e. The summed E-state index contributed by atoms with van der Waals surface area (Å²) in [4.78, 5) is 0. The highest BCUT2D eigenvalue weighted by atomic mass is 35.5. The molecule has 0 aliphatic rings. The smallest absolute Gasteiger partial charge is 0.209 e. The van der Waals surface area contributed by atoms with E-state index >= 15 is 0 Å². The number of hydrogen-bond acceptors (Lipinski definition) is 6. The zero-order valence-corrected chi connectivity index (χ0v) is 21.3. The first-order valence-corrected chi connectivity index (χ1v) is 13.2. The van der Waals surface area contributed by atoms with E-state index in [1.165, 1.54) is 0 Å². The third-order valence-corrected chi connectivity index (χ3v) is 6.45. The van der Waals surface area contributed by atoms with E-state index < -0.39 is 15.4 Å². The molecule has 7 nitrogen and oxygen atoms in total. The zero-order chi connectivity index (χ0) is 24.9. The van der Waals surface area contributed by atoms with Gasteiger partial charge in [-0.05, 0) is 35.4 Å². The van der Waals surface area contributed by atoms with Crippen molar-refractivity contribution in [2.24, 2.45) is 0 Å². The molecule has 0 amide bonds. The number of ether oxygens (including phenoxy) is 1. The molecule has 178 valence electrons. The van der Waals surface area contributed by atoms with Crippen LogP contribution in [0.2, 0.25) is 5.02 Å². The fraction of sp³-hybridized carbons (Fsp3) is 0.292. The Balaban J connectivity index is 1.83. The molecule has 0 saturated carbocycles. The summed E-state index contributed by atoms with van der Waals surface area (Å²) in [5, 5.41) is 18.3. The van der Waals surface area contributed by atoms with E-state index in [0.717, 1.165) is 22.9 Å². The normalized spacial score (nSPS) is 11.8. The Labute approximate surface area is 209 Å². The van der Waals surface area contributed by atoms with Crippen molar-refractivity contribution in [1.29, 1.82) is 5.26 Å². The highest BCUT2D eigenvalue weighted by Gasteiger charge is 2.26. The fourth-order valence-electron chi connectivity index (χ4n) is 3.36. The third kappa shape index (κ3) is 6.24. The van der Waals surface area contributed by atoms with Crippen LogP contribution in [0, 0.1) is 11.3 Å². The average molecular weight is 519 g/mol. The van der Waals surface area contributed by atoms with Crippen LogP contribution in [-0.2, 0) is 22.0 Å². The Bertz CT molecular complexity index is 1300. The minimum Gasteiger partial charge on any atom is -0.489 e. The molecule has 1 heterocycles.